The lowest BCUT2D eigenvalue weighted by Crippen LogP contribution is -2.15. The third-order valence-corrected chi connectivity index (χ3v) is 4.24. The van der Waals surface area contributed by atoms with Gasteiger partial charge in [-0.05, 0) is 37.0 Å². The van der Waals surface area contributed by atoms with Gasteiger partial charge in [-0.25, -0.2) is 4.98 Å². The zero-order chi connectivity index (χ0) is 14.7. The number of aromatic hydroxyl groups is 1. The Hall–Kier alpha value is -1.88. The number of nitrogens with zero attached hydrogens (tertiary/aromatic N) is 2. The van der Waals surface area contributed by atoms with E-state index in [1.165, 1.54) is 32.1 Å². The highest BCUT2D eigenvalue weighted by atomic mass is 16.3. The van der Waals surface area contributed by atoms with Crippen molar-refractivity contribution in [3.63, 3.8) is 0 Å². The zero-order valence-corrected chi connectivity index (χ0v) is 12.1. The van der Waals surface area contributed by atoms with Gasteiger partial charge in [-0.2, -0.15) is 5.10 Å². The van der Waals surface area contributed by atoms with Crippen LogP contribution >= 0.6 is 0 Å². The average molecular weight is 286 g/mol. The molecule has 0 saturated heterocycles. The number of hydrogen-bond acceptors (Lipinski definition) is 4. The Kier molecular flexibility index (Phi) is 4.20. The molecule has 0 bridgehead atoms. The molecular formula is C16H22N4O. The van der Waals surface area contributed by atoms with Crippen molar-refractivity contribution in [2.45, 2.75) is 50.5 Å². The van der Waals surface area contributed by atoms with Gasteiger partial charge in [-0.15, -0.1) is 0 Å². The minimum absolute atomic E-state index is 0.219. The van der Waals surface area contributed by atoms with Gasteiger partial charge in [0.1, 0.15) is 11.6 Å². The van der Waals surface area contributed by atoms with E-state index in [0.29, 0.717) is 18.2 Å². The van der Waals surface area contributed by atoms with Gasteiger partial charge in [0.25, 0.3) is 0 Å². The summed E-state index contributed by atoms with van der Waals surface area (Å²) in [7, 11) is 0. The standard InChI is InChI=1S/C16H22N4O/c17-14(10-11-6-8-13(21)9-7-11)16-18-15(19-20-16)12-4-2-1-3-5-12/h6-9,12,14,21H,1-5,10,17H2,(H,18,19,20)/t14-/m0/s1. The summed E-state index contributed by atoms with van der Waals surface area (Å²) in [6.45, 7) is 0. The Morgan fingerprint density at radius 2 is 1.90 bits per heavy atom. The van der Waals surface area contributed by atoms with Crippen molar-refractivity contribution in [1.29, 1.82) is 0 Å². The number of hydrogen-bond donors (Lipinski definition) is 3. The van der Waals surface area contributed by atoms with Crippen LogP contribution in [-0.2, 0) is 6.42 Å². The molecule has 4 N–H and O–H groups in total. The van der Waals surface area contributed by atoms with E-state index in [-0.39, 0.29) is 11.8 Å². The summed E-state index contributed by atoms with van der Waals surface area (Å²) in [5.74, 6) is 2.46. The van der Waals surface area contributed by atoms with Crippen LogP contribution in [0.5, 0.6) is 5.75 Å². The predicted octanol–water partition coefficient (Wildman–Crippen LogP) is 2.80. The summed E-state index contributed by atoms with van der Waals surface area (Å²) < 4.78 is 0. The molecule has 0 aliphatic heterocycles. The van der Waals surface area contributed by atoms with Crippen LogP contribution in [0.25, 0.3) is 0 Å². The topological polar surface area (TPSA) is 87.8 Å². The molecule has 112 valence electrons. The lowest BCUT2D eigenvalue weighted by Gasteiger charge is -2.18. The quantitative estimate of drug-likeness (QED) is 0.806. The molecule has 0 amide bonds. The van der Waals surface area contributed by atoms with E-state index in [1.54, 1.807) is 12.1 Å². The Morgan fingerprint density at radius 1 is 1.19 bits per heavy atom. The third kappa shape index (κ3) is 3.42. The lowest BCUT2D eigenvalue weighted by atomic mass is 9.89. The first kappa shape index (κ1) is 14.1. The molecule has 2 aromatic rings. The van der Waals surface area contributed by atoms with Crippen molar-refractivity contribution in [3.05, 3.63) is 41.5 Å². The summed E-state index contributed by atoms with van der Waals surface area (Å²) in [5, 5.41) is 16.7. The number of aromatic amines is 1. The molecule has 0 unspecified atom stereocenters. The molecule has 1 aliphatic carbocycles. The predicted molar refractivity (Wildman–Crippen MR) is 80.9 cm³/mol. The fourth-order valence-electron chi connectivity index (χ4n) is 2.99. The minimum atomic E-state index is -0.219. The van der Waals surface area contributed by atoms with Gasteiger partial charge in [-0.3, -0.25) is 5.10 Å². The molecule has 0 radical (unpaired) electrons. The van der Waals surface area contributed by atoms with Crippen molar-refractivity contribution in [1.82, 2.24) is 15.2 Å². The van der Waals surface area contributed by atoms with Crippen LogP contribution in [0.1, 0.15) is 61.3 Å². The van der Waals surface area contributed by atoms with E-state index in [1.807, 2.05) is 12.1 Å². The Labute approximate surface area is 124 Å². The molecule has 21 heavy (non-hydrogen) atoms. The molecular weight excluding hydrogens is 264 g/mol. The van der Waals surface area contributed by atoms with Gasteiger partial charge in [-0.1, -0.05) is 31.4 Å². The maximum atomic E-state index is 9.29. The van der Waals surface area contributed by atoms with Crippen molar-refractivity contribution in [2.75, 3.05) is 0 Å². The molecule has 1 aromatic carbocycles. The van der Waals surface area contributed by atoms with Gasteiger partial charge in [0, 0.05) is 5.92 Å². The fourth-order valence-corrected chi connectivity index (χ4v) is 2.99. The van der Waals surface area contributed by atoms with E-state index in [2.05, 4.69) is 15.2 Å². The van der Waals surface area contributed by atoms with Crippen LogP contribution < -0.4 is 5.73 Å². The van der Waals surface area contributed by atoms with Crippen LogP contribution in [0.2, 0.25) is 0 Å². The van der Waals surface area contributed by atoms with Gasteiger partial charge >= 0.3 is 0 Å². The first-order valence-corrected chi connectivity index (χ1v) is 7.68. The molecule has 1 aliphatic rings. The average Bonchev–Trinajstić information content (AvgIpc) is 3.00. The number of phenolic OH excluding ortho intramolecular Hbond substituents is 1. The normalized spacial score (nSPS) is 17.8. The van der Waals surface area contributed by atoms with Crippen LogP contribution in [0.15, 0.2) is 24.3 Å². The van der Waals surface area contributed by atoms with Crippen LogP contribution in [0, 0.1) is 0 Å². The molecule has 1 atom stereocenters. The first-order chi connectivity index (χ1) is 10.2. The molecule has 5 heteroatoms. The number of nitrogens with two attached hydrogens (primary N) is 1. The number of aromatic nitrogens is 3. The van der Waals surface area contributed by atoms with Crippen molar-refractivity contribution in [3.8, 4) is 5.75 Å². The molecule has 3 rings (SSSR count). The van der Waals surface area contributed by atoms with Gasteiger partial charge in [0.15, 0.2) is 5.82 Å². The zero-order valence-electron chi connectivity index (χ0n) is 12.1. The summed E-state index contributed by atoms with van der Waals surface area (Å²) in [5.41, 5.74) is 7.27. The van der Waals surface area contributed by atoms with E-state index < -0.39 is 0 Å². The van der Waals surface area contributed by atoms with Gasteiger partial charge in [0.2, 0.25) is 0 Å². The Morgan fingerprint density at radius 3 is 2.62 bits per heavy atom. The highest BCUT2D eigenvalue weighted by molar-refractivity contribution is 5.26. The van der Waals surface area contributed by atoms with E-state index in [4.69, 9.17) is 5.73 Å². The third-order valence-electron chi connectivity index (χ3n) is 4.24. The van der Waals surface area contributed by atoms with Gasteiger partial charge < -0.3 is 10.8 Å². The number of H-pyrrole nitrogens is 1. The molecule has 1 fully saturated rings. The van der Waals surface area contributed by atoms with Crippen LogP contribution in [-0.4, -0.2) is 20.3 Å². The molecule has 1 saturated carbocycles. The Balaban J connectivity index is 1.65. The highest BCUT2D eigenvalue weighted by Crippen LogP contribution is 2.30. The van der Waals surface area contributed by atoms with E-state index in [9.17, 15) is 5.11 Å². The summed E-state index contributed by atoms with van der Waals surface area (Å²) >= 11 is 0. The van der Waals surface area contributed by atoms with Crippen molar-refractivity contribution >= 4 is 0 Å². The van der Waals surface area contributed by atoms with Crippen molar-refractivity contribution in [2.24, 2.45) is 5.73 Å². The fraction of sp³-hybridized carbons (Fsp3) is 0.500. The maximum Gasteiger partial charge on any atom is 0.167 e. The largest absolute Gasteiger partial charge is 0.508 e. The first-order valence-electron chi connectivity index (χ1n) is 7.68. The molecule has 1 heterocycles. The lowest BCUT2D eigenvalue weighted by molar-refractivity contribution is 0.429. The monoisotopic (exact) mass is 286 g/mol. The van der Waals surface area contributed by atoms with Gasteiger partial charge in [0.05, 0.1) is 6.04 Å². The second-order valence-corrected chi connectivity index (χ2v) is 5.89. The second kappa shape index (κ2) is 6.26. The number of nitrogens with one attached hydrogen (secondary N) is 1. The smallest absolute Gasteiger partial charge is 0.167 e. The van der Waals surface area contributed by atoms with Crippen LogP contribution in [0.3, 0.4) is 0 Å². The summed E-state index contributed by atoms with van der Waals surface area (Å²) in [6.07, 6.45) is 6.95. The number of rotatable bonds is 4. The summed E-state index contributed by atoms with van der Waals surface area (Å²) in [6, 6.07) is 6.89. The SMILES string of the molecule is N[C@@H](Cc1ccc(O)cc1)c1n[nH]c(C2CCCCC2)n1. The van der Waals surface area contributed by atoms with E-state index >= 15 is 0 Å². The minimum Gasteiger partial charge on any atom is -0.508 e. The summed E-state index contributed by atoms with van der Waals surface area (Å²) in [4.78, 5) is 4.61. The second-order valence-electron chi connectivity index (χ2n) is 5.89. The number of phenols is 1. The number of benzene rings is 1. The molecule has 5 nitrogen and oxygen atoms in total. The van der Waals surface area contributed by atoms with Crippen LogP contribution in [0.4, 0.5) is 0 Å². The molecule has 0 spiro atoms. The van der Waals surface area contributed by atoms with Crippen molar-refractivity contribution < 1.29 is 5.11 Å². The highest BCUT2D eigenvalue weighted by Gasteiger charge is 2.21. The molecule has 1 aromatic heterocycles. The Bertz CT molecular complexity index is 572. The maximum absolute atomic E-state index is 9.29. The van der Waals surface area contributed by atoms with E-state index in [0.717, 1.165) is 11.4 Å².